The first kappa shape index (κ1) is 8.02. The predicted molar refractivity (Wildman–Crippen MR) is 41.9 cm³/mol. The maximum absolute atomic E-state index is 9.75. The van der Waals surface area contributed by atoms with Crippen molar-refractivity contribution in [3.63, 3.8) is 0 Å². The first-order valence-corrected chi connectivity index (χ1v) is 4.03. The molecular formula is C8H17NO. The summed E-state index contributed by atoms with van der Waals surface area (Å²) in [5.41, 5.74) is -0.379. The molecule has 0 aromatic carbocycles. The Morgan fingerprint density at radius 3 is 2.30 bits per heavy atom. The standard InChI is InChI=1S/C8H17NO/c1-4-9-5-8(10,6-9)7(2)3/h7,10H,4-6H2,1-3H3. The molecule has 0 spiro atoms. The number of β-amino-alcohol motifs (C(OH)–C–C–N with tert-alkyl or cyclic N) is 1. The summed E-state index contributed by atoms with van der Waals surface area (Å²) in [5, 5.41) is 9.75. The first-order valence-electron chi connectivity index (χ1n) is 4.03. The molecule has 0 saturated carbocycles. The van der Waals surface area contributed by atoms with E-state index < -0.39 is 0 Å². The van der Waals surface area contributed by atoms with Gasteiger partial charge in [-0.05, 0) is 12.5 Å². The Labute approximate surface area is 62.8 Å². The molecule has 0 radical (unpaired) electrons. The zero-order chi connectivity index (χ0) is 7.78. The summed E-state index contributed by atoms with van der Waals surface area (Å²) < 4.78 is 0. The van der Waals surface area contributed by atoms with Gasteiger partial charge in [-0.25, -0.2) is 0 Å². The quantitative estimate of drug-likeness (QED) is 0.615. The third-order valence-electron chi connectivity index (χ3n) is 2.52. The van der Waals surface area contributed by atoms with E-state index in [2.05, 4.69) is 25.7 Å². The summed E-state index contributed by atoms with van der Waals surface area (Å²) in [6.45, 7) is 9.07. The number of likely N-dealkylation sites (tertiary alicyclic amines) is 1. The van der Waals surface area contributed by atoms with Crippen LogP contribution in [0.25, 0.3) is 0 Å². The second-order valence-electron chi connectivity index (χ2n) is 3.56. The van der Waals surface area contributed by atoms with Gasteiger partial charge < -0.3 is 5.11 Å². The van der Waals surface area contributed by atoms with Crippen molar-refractivity contribution in [1.29, 1.82) is 0 Å². The molecule has 0 amide bonds. The minimum atomic E-state index is -0.379. The lowest BCUT2D eigenvalue weighted by atomic mass is 9.83. The second-order valence-corrected chi connectivity index (χ2v) is 3.56. The molecule has 10 heavy (non-hydrogen) atoms. The van der Waals surface area contributed by atoms with E-state index in [-0.39, 0.29) is 5.60 Å². The van der Waals surface area contributed by atoms with Gasteiger partial charge in [0.05, 0.1) is 5.60 Å². The van der Waals surface area contributed by atoms with Gasteiger partial charge in [0, 0.05) is 13.1 Å². The minimum Gasteiger partial charge on any atom is -0.387 e. The molecule has 1 N–H and O–H groups in total. The third-order valence-corrected chi connectivity index (χ3v) is 2.52. The van der Waals surface area contributed by atoms with Crippen molar-refractivity contribution < 1.29 is 5.11 Å². The van der Waals surface area contributed by atoms with Gasteiger partial charge >= 0.3 is 0 Å². The molecule has 1 saturated heterocycles. The highest BCUT2D eigenvalue weighted by Crippen LogP contribution is 2.27. The average Bonchev–Trinajstić information content (AvgIpc) is 1.80. The number of hydrogen-bond acceptors (Lipinski definition) is 2. The summed E-state index contributed by atoms with van der Waals surface area (Å²) in [5.74, 6) is 0.398. The molecule has 0 aliphatic carbocycles. The average molecular weight is 143 g/mol. The van der Waals surface area contributed by atoms with Gasteiger partial charge in [0.15, 0.2) is 0 Å². The fraction of sp³-hybridized carbons (Fsp3) is 1.00. The Hall–Kier alpha value is -0.0800. The van der Waals surface area contributed by atoms with Crippen molar-refractivity contribution in [2.45, 2.75) is 26.4 Å². The Kier molecular flexibility index (Phi) is 2.02. The Balaban J connectivity index is 2.34. The normalized spacial score (nSPS) is 24.9. The molecule has 1 fully saturated rings. The zero-order valence-electron chi connectivity index (χ0n) is 7.09. The monoisotopic (exact) mass is 143 g/mol. The van der Waals surface area contributed by atoms with E-state index in [4.69, 9.17) is 0 Å². The van der Waals surface area contributed by atoms with E-state index in [1.807, 2.05) is 0 Å². The molecule has 0 bridgehead atoms. The van der Waals surface area contributed by atoms with Crippen LogP contribution in [0.2, 0.25) is 0 Å². The van der Waals surface area contributed by atoms with Crippen molar-refractivity contribution in [3.05, 3.63) is 0 Å². The van der Waals surface area contributed by atoms with E-state index in [1.165, 1.54) is 0 Å². The van der Waals surface area contributed by atoms with Gasteiger partial charge in [-0.3, -0.25) is 4.90 Å². The molecule has 1 rings (SSSR count). The summed E-state index contributed by atoms with van der Waals surface area (Å²) in [4.78, 5) is 2.25. The minimum absolute atomic E-state index is 0.379. The van der Waals surface area contributed by atoms with E-state index in [0.717, 1.165) is 19.6 Å². The lowest BCUT2D eigenvalue weighted by Gasteiger charge is -2.48. The number of hydrogen-bond donors (Lipinski definition) is 1. The van der Waals surface area contributed by atoms with E-state index in [1.54, 1.807) is 0 Å². The van der Waals surface area contributed by atoms with Crippen LogP contribution in [-0.4, -0.2) is 35.2 Å². The van der Waals surface area contributed by atoms with Gasteiger partial charge in [0.25, 0.3) is 0 Å². The predicted octanol–water partition coefficient (Wildman–Crippen LogP) is 0.709. The maximum Gasteiger partial charge on any atom is 0.0922 e. The Morgan fingerprint density at radius 1 is 1.50 bits per heavy atom. The fourth-order valence-corrected chi connectivity index (χ4v) is 1.32. The highest BCUT2D eigenvalue weighted by molar-refractivity contribution is 4.96. The summed E-state index contributed by atoms with van der Waals surface area (Å²) in [6.07, 6.45) is 0. The largest absolute Gasteiger partial charge is 0.387 e. The van der Waals surface area contributed by atoms with Crippen molar-refractivity contribution in [2.24, 2.45) is 5.92 Å². The summed E-state index contributed by atoms with van der Waals surface area (Å²) in [7, 11) is 0. The molecular weight excluding hydrogens is 126 g/mol. The third kappa shape index (κ3) is 1.18. The van der Waals surface area contributed by atoms with Crippen LogP contribution in [0, 0.1) is 5.92 Å². The van der Waals surface area contributed by atoms with Gasteiger partial charge in [-0.15, -0.1) is 0 Å². The van der Waals surface area contributed by atoms with Gasteiger partial charge in [0.2, 0.25) is 0 Å². The zero-order valence-corrected chi connectivity index (χ0v) is 7.09. The molecule has 0 unspecified atom stereocenters. The van der Waals surface area contributed by atoms with Crippen molar-refractivity contribution in [1.82, 2.24) is 4.90 Å². The van der Waals surface area contributed by atoms with Crippen molar-refractivity contribution >= 4 is 0 Å². The molecule has 0 atom stereocenters. The molecule has 2 nitrogen and oxygen atoms in total. The molecule has 1 aliphatic heterocycles. The molecule has 60 valence electrons. The molecule has 1 heterocycles. The van der Waals surface area contributed by atoms with Crippen LogP contribution in [-0.2, 0) is 0 Å². The second kappa shape index (κ2) is 2.51. The van der Waals surface area contributed by atoms with Crippen LogP contribution >= 0.6 is 0 Å². The van der Waals surface area contributed by atoms with Crippen LogP contribution in [0.5, 0.6) is 0 Å². The van der Waals surface area contributed by atoms with Gasteiger partial charge in [-0.2, -0.15) is 0 Å². The van der Waals surface area contributed by atoms with Crippen molar-refractivity contribution in [3.8, 4) is 0 Å². The molecule has 0 aromatic rings. The van der Waals surface area contributed by atoms with Crippen LogP contribution in [0.3, 0.4) is 0 Å². The van der Waals surface area contributed by atoms with Crippen LogP contribution in [0.15, 0.2) is 0 Å². The van der Waals surface area contributed by atoms with Crippen molar-refractivity contribution in [2.75, 3.05) is 19.6 Å². The van der Waals surface area contributed by atoms with Crippen LogP contribution < -0.4 is 0 Å². The van der Waals surface area contributed by atoms with E-state index in [9.17, 15) is 5.11 Å². The van der Waals surface area contributed by atoms with Gasteiger partial charge in [0.1, 0.15) is 0 Å². The first-order chi connectivity index (χ1) is 4.58. The van der Waals surface area contributed by atoms with E-state index >= 15 is 0 Å². The van der Waals surface area contributed by atoms with Gasteiger partial charge in [-0.1, -0.05) is 20.8 Å². The summed E-state index contributed by atoms with van der Waals surface area (Å²) >= 11 is 0. The maximum atomic E-state index is 9.75. The number of nitrogens with zero attached hydrogens (tertiary/aromatic N) is 1. The number of rotatable bonds is 2. The highest BCUT2D eigenvalue weighted by atomic mass is 16.3. The summed E-state index contributed by atoms with van der Waals surface area (Å²) in [6, 6.07) is 0. The fourth-order valence-electron chi connectivity index (χ4n) is 1.32. The topological polar surface area (TPSA) is 23.5 Å². The Bertz CT molecular complexity index is 116. The number of aliphatic hydroxyl groups is 1. The lowest BCUT2D eigenvalue weighted by Crippen LogP contribution is -2.64. The van der Waals surface area contributed by atoms with Crippen LogP contribution in [0.4, 0.5) is 0 Å². The number of likely N-dealkylation sites (N-methyl/N-ethyl adjacent to an activating group) is 1. The SMILES string of the molecule is CCN1CC(O)(C(C)C)C1. The Morgan fingerprint density at radius 2 is 2.00 bits per heavy atom. The smallest absolute Gasteiger partial charge is 0.0922 e. The molecule has 2 heteroatoms. The highest BCUT2D eigenvalue weighted by Gasteiger charge is 2.42. The molecule has 1 aliphatic rings. The van der Waals surface area contributed by atoms with E-state index in [0.29, 0.717) is 5.92 Å². The molecule has 0 aromatic heterocycles. The lowest BCUT2D eigenvalue weighted by molar-refractivity contribution is -0.125. The van der Waals surface area contributed by atoms with Crippen LogP contribution in [0.1, 0.15) is 20.8 Å².